The molecule has 1 aromatic carbocycles. The zero-order valence-corrected chi connectivity index (χ0v) is 27.0. The number of carbonyl (C=O) groups is 1. The molecule has 1 fully saturated rings. The van der Waals surface area contributed by atoms with Crippen LogP contribution in [0.25, 0.3) is 0 Å². The summed E-state index contributed by atoms with van der Waals surface area (Å²) in [6.45, 7) is 3.19. The van der Waals surface area contributed by atoms with Gasteiger partial charge in [0.25, 0.3) is 5.92 Å². The number of rotatable bonds is 7. The molecular formula is C30H26BrF7N4O3S. The molecule has 2 heterocycles. The number of sulfone groups is 1. The Morgan fingerprint density at radius 2 is 1.78 bits per heavy atom. The number of hydrogen-bond donors (Lipinski definition) is 1. The van der Waals surface area contributed by atoms with Gasteiger partial charge < -0.3 is 5.32 Å². The van der Waals surface area contributed by atoms with Gasteiger partial charge in [-0.3, -0.25) is 9.48 Å². The van der Waals surface area contributed by atoms with Gasteiger partial charge in [0.15, 0.2) is 15.5 Å². The molecule has 46 heavy (non-hydrogen) atoms. The number of amides is 1. The number of alkyl halides is 5. The molecule has 2 aliphatic rings. The molecule has 246 valence electrons. The Kier molecular flexibility index (Phi) is 8.37. The Labute approximate surface area is 268 Å². The van der Waals surface area contributed by atoms with Crippen molar-refractivity contribution in [2.45, 2.75) is 62.5 Å². The summed E-state index contributed by atoms with van der Waals surface area (Å²) in [7, 11) is -3.60. The molecule has 1 N–H and O–H groups in total. The largest absolute Gasteiger partial charge is 0.435 e. The number of nitrogens with one attached hydrogen (secondary N) is 1. The number of carbonyl (C=O) groups excluding carboxylic acids is 1. The van der Waals surface area contributed by atoms with E-state index in [4.69, 9.17) is 0 Å². The van der Waals surface area contributed by atoms with Crippen molar-refractivity contribution in [2.75, 3.05) is 6.26 Å². The fourth-order valence-corrected chi connectivity index (χ4v) is 6.46. The number of pyridine rings is 1. The predicted octanol–water partition coefficient (Wildman–Crippen LogP) is 6.07. The molecule has 2 aromatic heterocycles. The fraction of sp³-hybridized carbons (Fsp3) is 0.433. The van der Waals surface area contributed by atoms with E-state index >= 15 is 8.78 Å². The minimum atomic E-state index is -5.04. The molecule has 1 saturated carbocycles. The van der Waals surface area contributed by atoms with Crippen LogP contribution in [0.15, 0.2) is 34.8 Å². The van der Waals surface area contributed by atoms with E-state index in [1.54, 1.807) is 0 Å². The lowest BCUT2D eigenvalue weighted by Gasteiger charge is -2.21. The summed E-state index contributed by atoms with van der Waals surface area (Å²) in [4.78, 5) is 17.7. The summed E-state index contributed by atoms with van der Waals surface area (Å²) in [5.74, 6) is -4.30. The van der Waals surface area contributed by atoms with Gasteiger partial charge in [-0.1, -0.05) is 12.8 Å². The van der Waals surface area contributed by atoms with Gasteiger partial charge in [-0.15, -0.1) is 0 Å². The summed E-state index contributed by atoms with van der Waals surface area (Å²) in [6, 6.07) is 4.34. The number of benzene rings is 1. The average Bonchev–Trinajstić information content (AvgIpc) is 3.31. The molecular weight excluding hydrogens is 709 g/mol. The van der Waals surface area contributed by atoms with Crippen LogP contribution in [0.3, 0.4) is 0 Å². The minimum Gasteiger partial charge on any atom is -0.346 e. The third-order valence-electron chi connectivity index (χ3n) is 8.32. The van der Waals surface area contributed by atoms with Crippen LogP contribution in [0.2, 0.25) is 0 Å². The molecule has 7 nitrogen and oxygen atoms in total. The van der Waals surface area contributed by atoms with Crippen LogP contribution in [0.4, 0.5) is 30.7 Å². The van der Waals surface area contributed by atoms with Gasteiger partial charge in [0.1, 0.15) is 34.3 Å². The van der Waals surface area contributed by atoms with Crippen LogP contribution in [-0.4, -0.2) is 40.1 Å². The molecule has 4 atom stereocenters. The van der Waals surface area contributed by atoms with Crippen molar-refractivity contribution in [3.8, 4) is 11.8 Å². The molecule has 0 radical (unpaired) electrons. The standard InChI is InChI=1S/C30H26BrF7N4O3S/c1-14-22-23-26(30(36,37)38)41-42(27(23)29(34,35)24(14)22)13-21(43)40-20(11-15-9-16(32)12-17(33)10-15)25-19(31)6-5-18(39-25)7-8-28(2,3)46(4,44)45/h5-6,9-10,12,14,20,22,24H,11,13H2,1-4H3,(H,40,43)/t14-,20+,22?,24?/m1/s1. The van der Waals surface area contributed by atoms with E-state index < -0.39 is 91.5 Å². The fourth-order valence-electron chi connectivity index (χ4n) is 5.72. The van der Waals surface area contributed by atoms with Gasteiger partial charge in [0.05, 0.1) is 11.7 Å². The van der Waals surface area contributed by atoms with Gasteiger partial charge in [0, 0.05) is 34.2 Å². The van der Waals surface area contributed by atoms with Crippen LogP contribution in [0.1, 0.15) is 66.6 Å². The molecule has 1 amide bonds. The Morgan fingerprint density at radius 1 is 1.15 bits per heavy atom. The average molecular weight is 736 g/mol. The van der Waals surface area contributed by atoms with Crippen LogP contribution in [-0.2, 0) is 39.7 Å². The van der Waals surface area contributed by atoms with Crippen molar-refractivity contribution >= 4 is 31.7 Å². The number of hydrogen-bond acceptors (Lipinski definition) is 5. The predicted molar refractivity (Wildman–Crippen MR) is 155 cm³/mol. The number of fused-ring (bicyclic) bond motifs is 3. The second kappa shape index (κ2) is 11.4. The summed E-state index contributed by atoms with van der Waals surface area (Å²) < 4.78 is 124. The maximum absolute atomic E-state index is 15.3. The van der Waals surface area contributed by atoms with E-state index in [0.717, 1.165) is 18.4 Å². The van der Waals surface area contributed by atoms with Gasteiger partial charge in [-0.25, -0.2) is 22.2 Å². The number of aromatic nitrogens is 3. The quantitative estimate of drug-likeness (QED) is 0.235. The van der Waals surface area contributed by atoms with Crippen molar-refractivity contribution in [1.29, 1.82) is 0 Å². The van der Waals surface area contributed by atoms with Crippen molar-refractivity contribution < 1.29 is 43.9 Å². The molecule has 3 aromatic rings. The lowest BCUT2D eigenvalue weighted by Crippen LogP contribution is -2.35. The first-order chi connectivity index (χ1) is 21.1. The first kappa shape index (κ1) is 33.9. The first-order valence-corrected chi connectivity index (χ1v) is 16.5. The van der Waals surface area contributed by atoms with Crippen LogP contribution in [0.5, 0.6) is 0 Å². The third kappa shape index (κ3) is 6.27. The van der Waals surface area contributed by atoms with Crippen molar-refractivity contribution in [3.05, 3.63) is 80.3 Å². The normalized spacial score (nSPS) is 20.7. The van der Waals surface area contributed by atoms with E-state index in [1.807, 2.05) is 0 Å². The number of nitrogens with zero attached hydrogens (tertiary/aromatic N) is 3. The molecule has 2 unspecified atom stereocenters. The lowest BCUT2D eigenvalue weighted by molar-refractivity contribution is -0.142. The van der Waals surface area contributed by atoms with E-state index in [1.165, 1.54) is 32.9 Å². The Balaban J connectivity index is 1.51. The lowest BCUT2D eigenvalue weighted by atomic mass is 10.0. The van der Waals surface area contributed by atoms with Gasteiger partial charge in [-0.2, -0.15) is 27.1 Å². The maximum atomic E-state index is 15.3. The van der Waals surface area contributed by atoms with Crippen LogP contribution < -0.4 is 5.32 Å². The molecule has 0 saturated heterocycles. The SMILES string of the molecule is C[C@@H]1C2c3c(C(F)(F)F)nn(CC(=O)N[C@@H](Cc4cc(F)cc(F)c4)c4nc(C#CC(C)(C)S(C)(=O)=O)ccc4Br)c3C(F)(F)C21. The Bertz CT molecular complexity index is 1890. The van der Waals surface area contributed by atoms with Crippen LogP contribution >= 0.6 is 15.9 Å². The van der Waals surface area contributed by atoms with Crippen LogP contribution in [0, 0.1) is 35.3 Å². The van der Waals surface area contributed by atoms with Gasteiger partial charge in [0.2, 0.25) is 5.91 Å². The minimum absolute atomic E-state index is 0.0593. The molecule has 16 heteroatoms. The van der Waals surface area contributed by atoms with Crippen molar-refractivity contribution in [2.24, 2.45) is 11.8 Å². The molecule has 2 aliphatic carbocycles. The highest BCUT2D eigenvalue weighted by Gasteiger charge is 2.72. The number of halogens is 8. The second-order valence-electron chi connectivity index (χ2n) is 12.0. The first-order valence-electron chi connectivity index (χ1n) is 13.8. The van der Waals surface area contributed by atoms with E-state index in [9.17, 15) is 35.2 Å². The summed E-state index contributed by atoms with van der Waals surface area (Å²) in [5.41, 5.74) is -2.85. The van der Waals surface area contributed by atoms with Gasteiger partial charge in [-0.05, 0) is 77.9 Å². The smallest absolute Gasteiger partial charge is 0.346 e. The zero-order valence-electron chi connectivity index (χ0n) is 24.6. The van der Waals surface area contributed by atoms with Gasteiger partial charge >= 0.3 is 6.18 Å². The Morgan fingerprint density at radius 3 is 2.37 bits per heavy atom. The van der Waals surface area contributed by atoms with E-state index in [2.05, 4.69) is 43.2 Å². The molecule has 0 bridgehead atoms. The van der Waals surface area contributed by atoms with Crippen molar-refractivity contribution in [3.63, 3.8) is 0 Å². The monoisotopic (exact) mass is 734 g/mol. The molecule has 5 rings (SSSR count). The Hall–Kier alpha value is -3.45. The maximum Gasteiger partial charge on any atom is 0.435 e. The molecule has 0 spiro atoms. The topological polar surface area (TPSA) is 93.9 Å². The summed E-state index contributed by atoms with van der Waals surface area (Å²) >= 11 is 3.30. The molecule has 0 aliphatic heterocycles. The third-order valence-corrected chi connectivity index (χ3v) is 10.9. The highest BCUT2D eigenvalue weighted by molar-refractivity contribution is 9.10. The second-order valence-corrected chi connectivity index (χ2v) is 15.4. The summed E-state index contributed by atoms with van der Waals surface area (Å²) in [6.07, 6.45) is -4.32. The highest BCUT2D eigenvalue weighted by atomic mass is 79.9. The van der Waals surface area contributed by atoms with E-state index in [-0.39, 0.29) is 27.8 Å². The van der Waals surface area contributed by atoms with E-state index in [0.29, 0.717) is 10.7 Å². The summed E-state index contributed by atoms with van der Waals surface area (Å²) in [5, 5.41) is 5.92. The van der Waals surface area contributed by atoms with Crippen molar-refractivity contribution in [1.82, 2.24) is 20.1 Å². The zero-order chi connectivity index (χ0) is 34.1. The highest BCUT2D eigenvalue weighted by Crippen LogP contribution is 2.71.